The zero-order valence-corrected chi connectivity index (χ0v) is 23.4. The van der Waals surface area contributed by atoms with Gasteiger partial charge >= 0.3 is 6.18 Å². The summed E-state index contributed by atoms with van der Waals surface area (Å²) < 4.78 is 64.3. The van der Waals surface area contributed by atoms with Crippen molar-refractivity contribution in [1.29, 1.82) is 0 Å². The maximum atomic E-state index is 13.6. The topological polar surface area (TPSA) is 123 Å². The molecule has 5 aromatic rings. The molecule has 0 aliphatic heterocycles. The van der Waals surface area contributed by atoms with Gasteiger partial charge in [0, 0.05) is 16.7 Å². The highest BCUT2D eigenvalue weighted by Crippen LogP contribution is 2.38. The summed E-state index contributed by atoms with van der Waals surface area (Å²) in [7, 11) is 0. The summed E-state index contributed by atoms with van der Waals surface area (Å²) >= 11 is 0. The lowest BCUT2D eigenvalue weighted by Crippen LogP contribution is -2.41. The second kappa shape index (κ2) is 11.0. The van der Waals surface area contributed by atoms with Crippen LogP contribution in [0.4, 0.5) is 23.4 Å². The average Bonchev–Trinajstić information content (AvgIpc) is 3.55. The number of aryl methyl sites for hydroxylation is 1. The van der Waals surface area contributed by atoms with Gasteiger partial charge < -0.3 is 19.6 Å². The summed E-state index contributed by atoms with van der Waals surface area (Å²) in [6.45, 7) is 4.91. The summed E-state index contributed by atoms with van der Waals surface area (Å²) in [5.41, 5.74) is 0.109. The fraction of sp³-hybridized carbons (Fsp3) is 0.233. The van der Waals surface area contributed by atoms with Crippen LogP contribution in [0.25, 0.3) is 33.6 Å². The van der Waals surface area contributed by atoms with Crippen LogP contribution in [0.5, 0.6) is 0 Å². The largest absolute Gasteiger partial charge is 0.437 e. The predicted octanol–water partition coefficient (Wildman–Crippen LogP) is 6.83. The first-order chi connectivity index (χ1) is 20.2. The van der Waals surface area contributed by atoms with Gasteiger partial charge in [0.2, 0.25) is 5.71 Å². The van der Waals surface area contributed by atoms with Crippen molar-refractivity contribution in [3.8, 4) is 22.5 Å². The number of alkyl halides is 3. The van der Waals surface area contributed by atoms with Crippen molar-refractivity contribution < 1.29 is 36.1 Å². The van der Waals surface area contributed by atoms with Crippen LogP contribution in [-0.2, 0) is 5.54 Å². The Morgan fingerprint density at radius 1 is 0.977 bits per heavy atom. The summed E-state index contributed by atoms with van der Waals surface area (Å²) in [5.74, 6) is -0.896. The Morgan fingerprint density at radius 3 is 2.33 bits per heavy atom. The molecule has 13 heteroatoms. The Kier molecular flexibility index (Phi) is 7.51. The molecule has 0 saturated heterocycles. The fourth-order valence-corrected chi connectivity index (χ4v) is 4.50. The third-order valence-electron chi connectivity index (χ3n) is 6.52. The van der Waals surface area contributed by atoms with E-state index in [1.54, 1.807) is 32.9 Å². The predicted molar refractivity (Wildman–Crippen MR) is 149 cm³/mol. The third kappa shape index (κ3) is 6.25. The van der Waals surface area contributed by atoms with Crippen LogP contribution >= 0.6 is 0 Å². The molecule has 0 fully saturated rings. The minimum atomic E-state index is -4.57. The number of nitrogens with one attached hydrogen (secondary N) is 2. The molecule has 0 unspecified atom stereocenters. The molecule has 2 N–H and O–H groups in total. The van der Waals surface area contributed by atoms with E-state index in [2.05, 4.69) is 25.8 Å². The number of amides is 1. The van der Waals surface area contributed by atoms with Crippen LogP contribution in [0.1, 0.15) is 53.2 Å². The Morgan fingerprint density at radius 2 is 1.70 bits per heavy atom. The Hall–Kier alpha value is -5.07. The number of nitrogens with zero attached hydrogens (tertiary/aromatic N) is 3. The number of furan rings is 1. The van der Waals surface area contributed by atoms with Crippen LogP contribution in [-0.4, -0.2) is 39.5 Å². The number of hydrogen-bond acceptors (Lipinski definition) is 8. The quantitative estimate of drug-likeness (QED) is 0.148. The molecule has 3 heterocycles. The summed E-state index contributed by atoms with van der Waals surface area (Å²) in [6.07, 6.45) is -4.57. The molecular formula is C30H25F4N5O4. The van der Waals surface area contributed by atoms with Crippen molar-refractivity contribution >= 4 is 28.6 Å². The van der Waals surface area contributed by atoms with E-state index < -0.39 is 35.8 Å². The van der Waals surface area contributed by atoms with Crippen LogP contribution in [0.2, 0.25) is 0 Å². The van der Waals surface area contributed by atoms with E-state index in [1.165, 1.54) is 49.4 Å². The smallest absolute Gasteiger partial charge is 0.405 e. The van der Waals surface area contributed by atoms with E-state index in [4.69, 9.17) is 8.94 Å². The van der Waals surface area contributed by atoms with Crippen molar-refractivity contribution in [2.45, 2.75) is 39.4 Å². The molecule has 0 aliphatic rings. The molecule has 0 bridgehead atoms. The monoisotopic (exact) mass is 595 g/mol. The molecule has 43 heavy (non-hydrogen) atoms. The lowest BCUT2D eigenvalue weighted by atomic mass is 9.98. The number of carbonyl (C=O) groups excluding carboxylic acids is 2. The van der Waals surface area contributed by atoms with Crippen LogP contribution in [0.3, 0.4) is 0 Å². The van der Waals surface area contributed by atoms with E-state index in [0.29, 0.717) is 17.0 Å². The first kappa shape index (κ1) is 29.4. The average molecular weight is 596 g/mol. The number of carbonyl (C=O) groups is 2. The standard InChI is InChI=1S/C30H25F4N5O4/c1-15(40)23-22-13-21(18-6-5-7-19(12-18)26(41)38-29(3,4)28-36-16(2)39-43-28)25(35-14-30(32,33)34)37-27(22)42-24(23)17-8-10-20(31)11-9-17/h5-13H,14H2,1-4H3,(H,35,37)(H,38,41). The molecule has 9 nitrogen and oxygen atoms in total. The number of rotatable bonds is 8. The third-order valence-corrected chi connectivity index (χ3v) is 6.52. The molecule has 1 amide bonds. The number of pyridine rings is 1. The molecule has 0 atom stereocenters. The van der Waals surface area contributed by atoms with Gasteiger partial charge in [0.15, 0.2) is 11.6 Å². The number of Topliss-reactive ketones (excluding diaryl/α,β-unsaturated/α-hetero) is 1. The highest BCUT2D eigenvalue weighted by molar-refractivity contribution is 6.11. The number of anilines is 1. The van der Waals surface area contributed by atoms with Crippen LogP contribution < -0.4 is 10.6 Å². The van der Waals surface area contributed by atoms with E-state index in [0.717, 1.165) is 0 Å². The summed E-state index contributed by atoms with van der Waals surface area (Å²) in [5, 5.41) is 9.11. The lowest BCUT2D eigenvalue weighted by Gasteiger charge is -2.22. The van der Waals surface area contributed by atoms with Crippen molar-refractivity contribution in [2.24, 2.45) is 0 Å². The van der Waals surface area contributed by atoms with E-state index in [-0.39, 0.29) is 45.3 Å². The van der Waals surface area contributed by atoms with Crippen molar-refractivity contribution in [3.63, 3.8) is 0 Å². The molecule has 5 rings (SSSR count). The molecule has 0 spiro atoms. The molecule has 222 valence electrons. The van der Waals surface area contributed by atoms with Crippen molar-refractivity contribution in [3.05, 3.63) is 83.3 Å². The molecule has 2 aromatic carbocycles. The zero-order valence-electron chi connectivity index (χ0n) is 23.4. The van der Waals surface area contributed by atoms with E-state index in [9.17, 15) is 27.2 Å². The number of hydrogen-bond donors (Lipinski definition) is 2. The first-order valence-corrected chi connectivity index (χ1v) is 13.0. The number of halogens is 4. The van der Waals surface area contributed by atoms with Crippen molar-refractivity contribution in [2.75, 3.05) is 11.9 Å². The molecule has 0 aliphatic carbocycles. The number of aromatic nitrogens is 3. The van der Waals surface area contributed by atoms with Gasteiger partial charge in [0.1, 0.15) is 29.5 Å². The highest BCUT2D eigenvalue weighted by atomic mass is 19.4. The van der Waals surface area contributed by atoms with Gasteiger partial charge in [-0.1, -0.05) is 17.3 Å². The van der Waals surface area contributed by atoms with Gasteiger partial charge in [-0.3, -0.25) is 9.59 Å². The zero-order chi connectivity index (χ0) is 31.1. The normalized spacial score (nSPS) is 12.0. The van der Waals surface area contributed by atoms with E-state index >= 15 is 0 Å². The van der Waals surface area contributed by atoms with Gasteiger partial charge in [-0.25, -0.2) is 4.39 Å². The van der Waals surface area contributed by atoms with Gasteiger partial charge in [0.25, 0.3) is 11.8 Å². The first-order valence-electron chi connectivity index (χ1n) is 13.0. The molecule has 0 radical (unpaired) electrons. The maximum Gasteiger partial charge on any atom is 0.405 e. The second-order valence-corrected chi connectivity index (χ2v) is 10.4. The highest BCUT2D eigenvalue weighted by Gasteiger charge is 2.31. The molecule has 3 aromatic heterocycles. The van der Waals surface area contributed by atoms with Gasteiger partial charge in [-0.2, -0.15) is 23.1 Å². The maximum absolute atomic E-state index is 13.6. The number of benzene rings is 2. The summed E-state index contributed by atoms with van der Waals surface area (Å²) in [6, 6.07) is 12.9. The summed E-state index contributed by atoms with van der Waals surface area (Å²) in [4.78, 5) is 34.5. The molecule has 0 saturated carbocycles. The lowest BCUT2D eigenvalue weighted by molar-refractivity contribution is -0.115. The Bertz CT molecular complexity index is 1840. The number of ketones is 1. The van der Waals surface area contributed by atoms with E-state index in [1.807, 2.05) is 0 Å². The van der Waals surface area contributed by atoms with Crippen LogP contribution in [0, 0.1) is 12.7 Å². The minimum absolute atomic E-state index is 0.0940. The second-order valence-electron chi connectivity index (χ2n) is 10.4. The molecular weight excluding hydrogens is 570 g/mol. The fourth-order valence-electron chi connectivity index (χ4n) is 4.50. The van der Waals surface area contributed by atoms with Crippen LogP contribution in [0.15, 0.2) is 63.5 Å². The SMILES string of the molecule is CC(=O)c1c(-c2ccc(F)cc2)oc2nc(NCC(F)(F)F)c(-c3cccc(C(=O)NC(C)(C)c4nc(C)no4)c3)cc12. The van der Waals surface area contributed by atoms with Crippen molar-refractivity contribution in [1.82, 2.24) is 20.4 Å². The Balaban J connectivity index is 1.61. The van der Waals surface area contributed by atoms with Gasteiger partial charge in [0.05, 0.1) is 10.9 Å². The number of fused-ring (bicyclic) bond motifs is 1. The Labute approximate surface area is 242 Å². The van der Waals surface area contributed by atoms with Gasteiger partial charge in [-0.15, -0.1) is 0 Å². The van der Waals surface area contributed by atoms with Gasteiger partial charge in [-0.05, 0) is 75.7 Å². The minimum Gasteiger partial charge on any atom is -0.437 e.